The van der Waals surface area contributed by atoms with Crippen molar-refractivity contribution in [1.29, 1.82) is 0 Å². The molecule has 1 amide bonds. The molecule has 1 aliphatic rings. The smallest absolute Gasteiger partial charge is 0.255 e. The maximum absolute atomic E-state index is 12.4. The number of hydrogen-bond donors (Lipinski definition) is 1. The lowest BCUT2D eigenvalue weighted by molar-refractivity contribution is 0.0730. The van der Waals surface area contributed by atoms with Crippen LogP contribution in [-0.4, -0.2) is 32.3 Å². The Morgan fingerprint density at radius 1 is 1.45 bits per heavy atom. The first-order chi connectivity index (χ1) is 9.65. The lowest BCUT2D eigenvalue weighted by atomic mass is 10.1. The molecule has 0 atom stereocenters. The lowest BCUT2D eigenvalue weighted by Crippen LogP contribution is -2.39. The molecule has 0 saturated carbocycles. The van der Waals surface area contributed by atoms with Crippen molar-refractivity contribution in [3.8, 4) is 0 Å². The van der Waals surface area contributed by atoms with Crippen LogP contribution in [0.2, 0.25) is 0 Å². The molecule has 2 aromatic rings. The van der Waals surface area contributed by atoms with E-state index in [4.69, 9.17) is 0 Å². The number of aromatic nitrogens is 3. The fourth-order valence-electron chi connectivity index (χ4n) is 2.41. The maximum Gasteiger partial charge on any atom is 0.255 e. The average molecular weight is 270 g/mol. The quantitative estimate of drug-likeness (QED) is 0.826. The van der Waals surface area contributed by atoms with Crippen molar-refractivity contribution in [3.63, 3.8) is 0 Å². The lowest BCUT2D eigenvalue weighted by Gasteiger charge is -2.27. The summed E-state index contributed by atoms with van der Waals surface area (Å²) in [7, 11) is 0. The van der Waals surface area contributed by atoms with Crippen LogP contribution >= 0.6 is 0 Å². The monoisotopic (exact) mass is 270 g/mol. The summed E-state index contributed by atoms with van der Waals surface area (Å²) in [4.78, 5) is 36.9. The Labute approximate surface area is 115 Å². The Morgan fingerprint density at radius 2 is 2.30 bits per heavy atom. The van der Waals surface area contributed by atoms with E-state index in [-0.39, 0.29) is 11.5 Å². The van der Waals surface area contributed by atoms with E-state index in [1.807, 2.05) is 0 Å². The summed E-state index contributed by atoms with van der Waals surface area (Å²) >= 11 is 0. The Balaban J connectivity index is 1.89. The van der Waals surface area contributed by atoms with Crippen molar-refractivity contribution < 1.29 is 4.79 Å². The van der Waals surface area contributed by atoms with E-state index < -0.39 is 0 Å². The van der Waals surface area contributed by atoms with Gasteiger partial charge in [-0.25, -0.2) is 4.98 Å². The van der Waals surface area contributed by atoms with E-state index in [0.717, 1.165) is 0 Å². The fraction of sp³-hybridized carbons (Fsp3) is 0.286. The number of nitrogens with one attached hydrogen (secondary N) is 1. The minimum Gasteiger partial charge on any atom is -0.332 e. The number of aryl methyl sites for hydroxylation is 1. The Hall–Kier alpha value is -2.50. The van der Waals surface area contributed by atoms with Crippen LogP contribution < -0.4 is 5.56 Å². The molecule has 3 heterocycles. The number of amides is 1. The van der Waals surface area contributed by atoms with Gasteiger partial charge in [-0.15, -0.1) is 0 Å². The highest BCUT2D eigenvalue weighted by Gasteiger charge is 2.24. The van der Waals surface area contributed by atoms with Crippen LogP contribution in [-0.2, 0) is 13.0 Å². The van der Waals surface area contributed by atoms with Crippen LogP contribution in [0.4, 0.5) is 0 Å². The predicted molar refractivity (Wildman–Crippen MR) is 72.3 cm³/mol. The summed E-state index contributed by atoms with van der Waals surface area (Å²) in [5.41, 5.74) is 1.83. The molecule has 1 aliphatic heterocycles. The van der Waals surface area contributed by atoms with Crippen molar-refractivity contribution in [2.24, 2.45) is 0 Å². The summed E-state index contributed by atoms with van der Waals surface area (Å²) < 4.78 is 0. The number of carbonyl (C=O) groups is 1. The van der Waals surface area contributed by atoms with Crippen LogP contribution in [0.1, 0.15) is 27.4 Å². The Bertz CT molecular complexity index is 709. The van der Waals surface area contributed by atoms with Crippen molar-refractivity contribution in [2.75, 3.05) is 6.54 Å². The molecule has 6 heteroatoms. The number of aromatic amines is 1. The number of hydrogen-bond acceptors (Lipinski definition) is 4. The van der Waals surface area contributed by atoms with Gasteiger partial charge in [0.05, 0.1) is 17.8 Å². The van der Waals surface area contributed by atoms with Crippen LogP contribution in [0.25, 0.3) is 0 Å². The number of carbonyl (C=O) groups excluding carboxylic acids is 1. The molecule has 0 unspecified atom stereocenters. The van der Waals surface area contributed by atoms with Crippen LogP contribution in [0.5, 0.6) is 0 Å². The highest BCUT2D eigenvalue weighted by atomic mass is 16.2. The van der Waals surface area contributed by atoms with Gasteiger partial charge in [-0.05, 0) is 25.5 Å². The number of H-pyrrole nitrogens is 1. The number of fused-ring (bicyclic) bond motifs is 1. The molecule has 0 radical (unpaired) electrons. The van der Waals surface area contributed by atoms with E-state index in [0.29, 0.717) is 42.2 Å². The summed E-state index contributed by atoms with van der Waals surface area (Å²) in [5.74, 6) is 0.493. The third-order valence-corrected chi connectivity index (χ3v) is 3.39. The summed E-state index contributed by atoms with van der Waals surface area (Å²) in [5, 5.41) is 0. The zero-order chi connectivity index (χ0) is 14.1. The van der Waals surface area contributed by atoms with E-state index in [2.05, 4.69) is 15.0 Å². The van der Waals surface area contributed by atoms with Gasteiger partial charge >= 0.3 is 0 Å². The summed E-state index contributed by atoms with van der Waals surface area (Å²) in [6, 6.07) is 3.47. The molecule has 0 saturated heterocycles. The highest BCUT2D eigenvalue weighted by molar-refractivity contribution is 5.93. The van der Waals surface area contributed by atoms with Gasteiger partial charge in [0.25, 0.3) is 11.5 Å². The molecule has 0 fully saturated rings. The second kappa shape index (κ2) is 4.88. The molecule has 6 nitrogen and oxygen atoms in total. The molecular weight excluding hydrogens is 256 g/mol. The van der Waals surface area contributed by atoms with Gasteiger partial charge in [0, 0.05) is 24.5 Å². The van der Waals surface area contributed by atoms with E-state index in [9.17, 15) is 9.59 Å². The Morgan fingerprint density at radius 3 is 3.05 bits per heavy atom. The van der Waals surface area contributed by atoms with E-state index >= 15 is 0 Å². The molecule has 2 aromatic heterocycles. The Kier molecular flexibility index (Phi) is 3.06. The van der Waals surface area contributed by atoms with Crippen molar-refractivity contribution in [3.05, 3.63) is 57.5 Å². The third kappa shape index (κ3) is 2.20. The zero-order valence-corrected chi connectivity index (χ0v) is 11.1. The standard InChI is InChI=1S/C14H14N4O2/c1-9-16-12-8-18(6-4-11(12)13(19)17-9)14(20)10-3-2-5-15-7-10/h2-3,5,7H,4,6,8H2,1H3,(H,16,17,19). The number of rotatable bonds is 1. The van der Waals surface area contributed by atoms with Crippen LogP contribution in [0, 0.1) is 6.92 Å². The zero-order valence-electron chi connectivity index (χ0n) is 11.1. The van der Waals surface area contributed by atoms with E-state index in [1.165, 1.54) is 0 Å². The topological polar surface area (TPSA) is 79.0 Å². The summed E-state index contributed by atoms with van der Waals surface area (Å²) in [6.07, 6.45) is 3.71. The summed E-state index contributed by atoms with van der Waals surface area (Å²) in [6.45, 7) is 2.63. The minimum absolute atomic E-state index is 0.0801. The predicted octanol–water partition coefficient (Wildman–Crippen LogP) is 0.672. The van der Waals surface area contributed by atoms with Crippen molar-refractivity contribution >= 4 is 5.91 Å². The van der Waals surface area contributed by atoms with Gasteiger partial charge in [-0.1, -0.05) is 0 Å². The third-order valence-electron chi connectivity index (χ3n) is 3.39. The molecule has 0 aliphatic carbocycles. The van der Waals surface area contributed by atoms with Gasteiger partial charge in [-0.2, -0.15) is 0 Å². The molecule has 102 valence electrons. The largest absolute Gasteiger partial charge is 0.332 e. The SMILES string of the molecule is Cc1nc2c(c(=O)[nH]1)CCN(C(=O)c1cccnc1)C2. The highest BCUT2D eigenvalue weighted by Crippen LogP contribution is 2.16. The number of nitrogens with zero attached hydrogens (tertiary/aromatic N) is 3. The van der Waals surface area contributed by atoms with E-state index in [1.54, 1.807) is 36.4 Å². The molecule has 1 N–H and O–H groups in total. The number of pyridine rings is 1. The second-order valence-electron chi connectivity index (χ2n) is 4.79. The van der Waals surface area contributed by atoms with Gasteiger partial charge in [0.15, 0.2) is 0 Å². The first kappa shape index (κ1) is 12.5. The normalized spacial score (nSPS) is 13.9. The first-order valence-electron chi connectivity index (χ1n) is 6.43. The minimum atomic E-state index is -0.0963. The molecule has 0 aromatic carbocycles. The molecule has 20 heavy (non-hydrogen) atoms. The molecule has 0 spiro atoms. The second-order valence-corrected chi connectivity index (χ2v) is 4.79. The molecule has 0 bridgehead atoms. The average Bonchev–Trinajstić information content (AvgIpc) is 2.46. The van der Waals surface area contributed by atoms with Crippen molar-refractivity contribution in [1.82, 2.24) is 19.9 Å². The van der Waals surface area contributed by atoms with Crippen molar-refractivity contribution in [2.45, 2.75) is 19.9 Å². The van der Waals surface area contributed by atoms with Gasteiger partial charge in [-0.3, -0.25) is 14.6 Å². The van der Waals surface area contributed by atoms with Gasteiger partial charge in [0.1, 0.15) is 5.82 Å². The molecule has 3 rings (SSSR count). The first-order valence-corrected chi connectivity index (χ1v) is 6.43. The van der Waals surface area contributed by atoms with Crippen LogP contribution in [0.15, 0.2) is 29.3 Å². The van der Waals surface area contributed by atoms with Gasteiger partial charge < -0.3 is 9.88 Å². The van der Waals surface area contributed by atoms with Crippen LogP contribution in [0.3, 0.4) is 0 Å². The maximum atomic E-state index is 12.4. The van der Waals surface area contributed by atoms with Gasteiger partial charge in [0.2, 0.25) is 0 Å². The fourth-order valence-corrected chi connectivity index (χ4v) is 2.41. The molecular formula is C14H14N4O2.